The molecule has 10 heteroatoms. The molecule has 4 fully saturated rings. The van der Waals surface area contributed by atoms with Gasteiger partial charge in [0, 0.05) is 0 Å². The van der Waals surface area contributed by atoms with E-state index in [0.29, 0.717) is 26.4 Å². The fourth-order valence-corrected chi connectivity index (χ4v) is 6.76. The molecular weight excluding hydrogens is 616 g/mol. The lowest BCUT2D eigenvalue weighted by atomic mass is 9.99. The van der Waals surface area contributed by atoms with E-state index in [2.05, 4.69) is 0 Å². The lowest BCUT2D eigenvalue weighted by Crippen LogP contribution is -2.56. The Morgan fingerprint density at radius 1 is 0.500 bits per heavy atom. The number of hydrogen-bond donors (Lipinski definition) is 0. The third kappa shape index (κ3) is 8.00. The molecule has 0 amide bonds. The molecule has 0 N–H and O–H groups in total. The predicted octanol–water partition coefficient (Wildman–Crippen LogP) is 5.51. The predicted molar refractivity (Wildman–Crippen MR) is 173 cm³/mol. The van der Waals surface area contributed by atoms with E-state index in [-0.39, 0.29) is 12.7 Å². The van der Waals surface area contributed by atoms with Crippen LogP contribution in [-0.2, 0) is 67.2 Å². The van der Waals surface area contributed by atoms with Crippen molar-refractivity contribution in [3.8, 4) is 0 Å². The number of ether oxygens (including phenoxy) is 10. The van der Waals surface area contributed by atoms with E-state index in [0.717, 1.165) is 16.7 Å². The van der Waals surface area contributed by atoms with Crippen LogP contribution in [0.15, 0.2) is 91.0 Å². The van der Waals surface area contributed by atoms with Gasteiger partial charge in [0.15, 0.2) is 24.2 Å². The third-order valence-corrected chi connectivity index (χ3v) is 8.91. The van der Waals surface area contributed by atoms with Crippen LogP contribution in [0.25, 0.3) is 0 Å². The second kappa shape index (κ2) is 14.6. The van der Waals surface area contributed by atoms with Crippen molar-refractivity contribution in [1.82, 2.24) is 0 Å². The van der Waals surface area contributed by atoms with Gasteiger partial charge in [-0.1, -0.05) is 91.0 Å². The summed E-state index contributed by atoms with van der Waals surface area (Å²) in [5.74, 6) is -1.63. The van der Waals surface area contributed by atoms with Crippen molar-refractivity contribution >= 4 is 0 Å². The Kier molecular flexibility index (Phi) is 10.3. The maximum atomic E-state index is 6.58. The fraction of sp³-hybridized carbons (Fsp3) is 0.526. The highest BCUT2D eigenvalue weighted by molar-refractivity contribution is 5.15. The monoisotopic (exact) mass is 662 g/mol. The first-order chi connectivity index (χ1) is 23.2. The van der Waals surface area contributed by atoms with Gasteiger partial charge in [-0.3, -0.25) is 0 Å². The molecule has 0 spiro atoms. The van der Waals surface area contributed by atoms with E-state index in [1.807, 2.05) is 119 Å². The van der Waals surface area contributed by atoms with Crippen molar-refractivity contribution in [2.45, 2.75) is 114 Å². The van der Waals surface area contributed by atoms with Crippen LogP contribution < -0.4 is 0 Å². The maximum Gasteiger partial charge on any atom is 0.190 e. The number of fused-ring (bicyclic) bond motifs is 3. The Bertz CT molecular complexity index is 1440. The Hall–Kier alpha value is -2.74. The first-order valence-electron chi connectivity index (χ1n) is 16.8. The number of hydrogen-bond acceptors (Lipinski definition) is 10. The van der Waals surface area contributed by atoms with Gasteiger partial charge in [0.25, 0.3) is 0 Å². The van der Waals surface area contributed by atoms with Crippen molar-refractivity contribution in [2.24, 2.45) is 0 Å². The van der Waals surface area contributed by atoms with Crippen LogP contribution in [0.4, 0.5) is 0 Å². The van der Waals surface area contributed by atoms with Crippen LogP contribution in [0.1, 0.15) is 44.4 Å². The summed E-state index contributed by atoms with van der Waals surface area (Å²) in [5, 5.41) is 0. The molecule has 0 radical (unpaired) electrons. The topological polar surface area (TPSA) is 92.3 Å². The summed E-state index contributed by atoms with van der Waals surface area (Å²) >= 11 is 0. The summed E-state index contributed by atoms with van der Waals surface area (Å²) in [6.07, 6.45) is -4.63. The normalized spacial score (nSPS) is 33.4. The van der Waals surface area contributed by atoms with Gasteiger partial charge in [0.05, 0.1) is 33.0 Å². The summed E-state index contributed by atoms with van der Waals surface area (Å²) in [6, 6.07) is 30.1. The zero-order valence-corrected chi connectivity index (χ0v) is 28.0. The van der Waals surface area contributed by atoms with Gasteiger partial charge >= 0.3 is 0 Å². The molecule has 258 valence electrons. The Morgan fingerprint density at radius 2 is 1.02 bits per heavy atom. The molecule has 3 aromatic rings. The molecule has 0 aromatic heterocycles. The molecule has 3 aromatic carbocycles. The summed E-state index contributed by atoms with van der Waals surface area (Å²) in [6.45, 7) is 9.14. The first kappa shape index (κ1) is 33.7. The highest BCUT2D eigenvalue weighted by atomic mass is 16.9. The van der Waals surface area contributed by atoms with Crippen molar-refractivity contribution in [3.63, 3.8) is 0 Å². The summed E-state index contributed by atoms with van der Waals surface area (Å²) in [5.41, 5.74) is 3.16. The van der Waals surface area contributed by atoms with E-state index < -0.39 is 60.8 Å². The lowest BCUT2D eigenvalue weighted by Gasteiger charge is -2.37. The van der Waals surface area contributed by atoms with Crippen LogP contribution in [0, 0.1) is 0 Å². The molecule has 0 saturated carbocycles. The molecule has 4 aliphatic rings. The van der Waals surface area contributed by atoms with Gasteiger partial charge in [-0.2, -0.15) is 0 Å². The summed E-state index contributed by atoms with van der Waals surface area (Å²) in [7, 11) is 0. The van der Waals surface area contributed by atoms with Gasteiger partial charge < -0.3 is 47.4 Å². The standard InChI is InChI=1S/C38H46O10/c1-37(2)45-31-29(44-36-34(32(31)46-37)47-38(3,4)48-36)24-42-35-33(41-22-27-18-12-7-13-19-27)30(40-21-26-16-10-6-11-17-26)28(43-35)23-39-20-25-14-8-5-9-15-25/h5-19,28-36H,20-24H2,1-4H3/t28-,29-,30+,31+,32+,33-,34-,35+,36-/m1/s1. The minimum Gasteiger partial charge on any atom is -0.374 e. The molecule has 10 nitrogen and oxygen atoms in total. The van der Waals surface area contributed by atoms with Crippen LogP contribution in [0.3, 0.4) is 0 Å². The molecule has 0 unspecified atom stereocenters. The minimum atomic E-state index is -0.815. The van der Waals surface area contributed by atoms with Crippen LogP contribution in [-0.4, -0.2) is 80.1 Å². The SMILES string of the molecule is CC1(C)O[C@H]2[C@@H](O1)[C@@H](CO[C@H]1O[C@H](COCc3ccccc3)[C@H](OCc3ccccc3)[C@H]1OCc1ccccc1)O[C@@H]1OC(C)(C)O[C@@H]12. The summed E-state index contributed by atoms with van der Waals surface area (Å²) in [4.78, 5) is 0. The molecule has 0 bridgehead atoms. The molecule has 9 atom stereocenters. The highest BCUT2D eigenvalue weighted by Gasteiger charge is 2.61. The van der Waals surface area contributed by atoms with Gasteiger partial charge in [-0.15, -0.1) is 0 Å². The Labute approximate surface area is 282 Å². The smallest absolute Gasteiger partial charge is 0.190 e. The van der Waals surface area contributed by atoms with E-state index in [1.54, 1.807) is 0 Å². The van der Waals surface area contributed by atoms with Gasteiger partial charge in [-0.05, 0) is 44.4 Å². The molecule has 0 aliphatic carbocycles. The van der Waals surface area contributed by atoms with Crippen LogP contribution >= 0.6 is 0 Å². The minimum absolute atomic E-state index is 0.145. The average Bonchev–Trinajstić information content (AvgIpc) is 3.71. The van der Waals surface area contributed by atoms with Gasteiger partial charge in [-0.25, -0.2) is 0 Å². The van der Waals surface area contributed by atoms with Crippen molar-refractivity contribution in [2.75, 3.05) is 13.2 Å². The molecule has 4 saturated heterocycles. The zero-order chi connectivity index (χ0) is 33.1. The van der Waals surface area contributed by atoms with Crippen molar-refractivity contribution < 1.29 is 47.4 Å². The third-order valence-electron chi connectivity index (χ3n) is 8.91. The van der Waals surface area contributed by atoms with Gasteiger partial charge in [0.1, 0.15) is 42.7 Å². The molecular formula is C38H46O10. The number of rotatable bonds is 13. The van der Waals surface area contributed by atoms with E-state index >= 15 is 0 Å². The van der Waals surface area contributed by atoms with Gasteiger partial charge in [0.2, 0.25) is 0 Å². The Balaban J connectivity index is 1.09. The lowest BCUT2D eigenvalue weighted by molar-refractivity contribution is -0.262. The van der Waals surface area contributed by atoms with E-state index in [1.165, 1.54) is 0 Å². The fourth-order valence-electron chi connectivity index (χ4n) is 6.76. The molecule has 48 heavy (non-hydrogen) atoms. The Morgan fingerprint density at radius 3 is 1.65 bits per heavy atom. The molecule has 7 rings (SSSR count). The largest absolute Gasteiger partial charge is 0.374 e. The maximum absolute atomic E-state index is 6.58. The second-order valence-electron chi connectivity index (χ2n) is 13.6. The molecule has 4 heterocycles. The summed E-state index contributed by atoms with van der Waals surface area (Å²) < 4.78 is 63.8. The second-order valence-corrected chi connectivity index (χ2v) is 13.6. The average molecular weight is 663 g/mol. The zero-order valence-electron chi connectivity index (χ0n) is 28.0. The van der Waals surface area contributed by atoms with E-state index in [9.17, 15) is 0 Å². The van der Waals surface area contributed by atoms with Crippen LogP contribution in [0.2, 0.25) is 0 Å². The quantitative estimate of drug-likeness (QED) is 0.233. The van der Waals surface area contributed by atoms with Crippen molar-refractivity contribution in [3.05, 3.63) is 108 Å². The number of benzene rings is 3. The van der Waals surface area contributed by atoms with Crippen LogP contribution in [0.5, 0.6) is 0 Å². The first-order valence-corrected chi connectivity index (χ1v) is 16.8. The van der Waals surface area contributed by atoms with Crippen molar-refractivity contribution in [1.29, 1.82) is 0 Å². The highest BCUT2D eigenvalue weighted by Crippen LogP contribution is 2.44. The molecule has 4 aliphatic heterocycles. The van der Waals surface area contributed by atoms with E-state index in [4.69, 9.17) is 47.4 Å².